The predicted octanol–water partition coefficient (Wildman–Crippen LogP) is 1.36. The number of anilines is 1. The molecule has 2 aromatic rings. The van der Waals surface area contributed by atoms with Crippen molar-refractivity contribution in [3.63, 3.8) is 0 Å². The Morgan fingerprint density at radius 3 is 3.00 bits per heavy atom. The van der Waals surface area contributed by atoms with Crippen LogP contribution >= 0.6 is 0 Å². The van der Waals surface area contributed by atoms with Gasteiger partial charge >= 0.3 is 5.69 Å². The van der Waals surface area contributed by atoms with Gasteiger partial charge in [0.1, 0.15) is 5.82 Å². The minimum atomic E-state index is -0.884. The summed E-state index contributed by atoms with van der Waals surface area (Å²) in [5.41, 5.74) is 0.264. The molecule has 1 fully saturated rings. The minimum Gasteiger partial charge on any atom is -0.477 e. The highest BCUT2D eigenvalue weighted by atomic mass is 19.2. The molecule has 0 saturated carbocycles. The Balaban J connectivity index is 1.46. The van der Waals surface area contributed by atoms with Crippen molar-refractivity contribution in [1.29, 1.82) is 0 Å². The van der Waals surface area contributed by atoms with E-state index < -0.39 is 11.6 Å². The van der Waals surface area contributed by atoms with Gasteiger partial charge in [-0.1, -0.05) is 6.07 Å². The van der Waals surface area contributed by atoms with Crippen molar-refractivity contribution in [1.82, 2.24) is 9.55 Å². The Morgan fingerprint density at radius 1 is 1.28 bits per heavy atom. The molecule has 2 aliphatic heterocycles. The van der Waals surface area contributed by atoms with E-state index in [2.05, 4.69) is 9.88 Å². The lowest BCUT2D eigenvalue weighted by atomic mass is 10.1. The summed E-state index contributed by atoms with van der Waals surface area (Å²) in [5.74, 6) is -0.732. The Hall–Kier alpha value is -2.48. The molecule has 25 heavy (non-hydrogen) atoms. The second kappa shape index (κ2) is 6.44. The summed E-state index contributed by atoms with van der Waals surface area (Å²) in [4.78, 5) is 18.3. The summed E-state index contributed by atoms with van der Waals surface area (Å²) < 4.78 is 38.8. The summed E-state index contributed by atoms with van der Waals surface area (Å²) >= 11 is 0. The smallest absolute Gasteiger partial charge is 0.352 e. The zero-order valence-electron chi connectivity index (χ0n) is 13.5. The van der Waals surface area contributed by atoms with Crippen LogP contribution in [0.2, 0.25) is 0 Å². The molecule has 1 unspecified atom stereocenters. The highest BCUT2D eigenvalue weighted by Gasteiger charge is 2.33. The van der Waals surface area contributed by atoms with Gasteiger partial charge in [-0.2, -0.15) is 4.98 Å². The first-order valence-corrected chi connectivity index (χ1v) is 8.15. The summed E-state index contributed by atoms with van der Waals surface area (Å²) in [6.45, 7) is 2.72. The molecule has 0 N–H and O–H groups in total. The van der Waals surface area contributed by atoms with E-state index in [0.29, 0.717) is 31.7 Å². The Labute approximate surface area is 142 Å². The number of fused-ring (bicyclic) bond motifs is 3. The number of nitrogens with zero attached hydrogens (tertiary/aromatic N) is 3. The molecule has 4 rings (SSSR count). The van der Waals surface area contributed by atoms with E-state index in [1.807, 2.05) is 0 Å². The number of aromatic nitrogens is 2. The van der Waals surface area contributed by atoms with Gasteiger partial charge in [-0.3, -0.25) is 4.57 Å². The molecule has 1 aromatic heterocycles. The maximum absolute atomic E-state index is 13.2. The first-order chi connectivity index (χ1) is 12.1. The van der Waals surface area contributed by atoms with E-state index in [4.69, 9.17) is 9.47 Å². The van der Waals surface area contributed by atoms with Crippen molar-refractivity contribution in [3.8, 4) is 5.88 Å². The molecule has 0 spiro atoms. The van der Waals surface area contributed by atoms with Gasteiger partial charge in [-0.15, -0.1) is 0 Å². The van der Waals surface area contributed by atoms with Crippen molar-refractivity contribution in [2.75, 3.05) is 31.3 Å². The molecule has 0 bridgehead atoms. The quantitative estimate of drug-likeness (QED) is 0.834. The van der Waals surface area contributed by atoms with Gasteiger partial charge in [0.05, 0.1) is 32.4 Å². The standard InChI is InChI=1S/C17H17F2N3O3/c18-13-2-1-11(7-14(13)19)3-5-25-15-8-16-21-4-6-24-10-12(21)9-22(16)17(23)20-15/h1-2,7-8,12H,3-6,9-10H2. The lowest BCUT2D eigenvalue weighted by Crippen LogP contribution is -2.43. The number of halogens is 2. The fourth-order valence-electron chi connectivity index (χ4n) is 3.24. The van der Waals surface area contributed by atoms with Gasteiger partial charge in [0.25, 0.3) is 0 Å². The van der Waals surface area contributed by atoms with Crippen LogP contribution in [0, 0.1) is 11.6 Å². The maximum atomic E-state index is 13.2. The highest BCUT2D eigenvalue weighted by molar-refractivity contribution is 5.47. The largest absolute Gasteiger partial charge is 0.477 e. The molecule has 6 nitrogen and oxygen atoms in total. The van der Waals surface area contributed by atoms with Crippen molar-refractivity contribution < 1.29 is 18.3 Å². The van der Waals surface area contributed by atoms with Crippen LogP contribution in [0.3, 0.4) is 0 Å². The van der Waals surface area contributed by atoms with E-state index in [1.165, 1.54) is 6.07 Å². The van der Waals surface area contributed by atoms with Crippen LogP contribution in [-0.4, -0.2) is 42.0 Å². The number of ether oxygens (including phenoxy) is 2. The Morgan fingerprint density at radius 2 is 2.16 bits per heavy atom. The Bertz CT molecular complexity index is 856. The molecular weight excluding hydrogens is 332 g/mol. The minimum absolute atomic E-state index is 0.153. The SMILES string of the molecule is O=c1nc(OCCc2ccc(F)c(F)c2)cc2n1CC1COCCN21. The lowest BCUT2D eigenvalue weighted by molar-refractivity contribution is 0.0956. The normalized spacial score (nSPS) is 18.8. The molecule has 0 amide bonds. The summed E-state index contributed by atoms with van der Waals surface area (Å²) in [5, 5.41) is 0. The predicted molar refractivity (Wildman–Crippen MR) is 86.0 cm³/mol. The maximum Gasteiger partial charge on any atom is 0.352 e. The van der Waals surface area contributed by atoms with E-state index >= 15 is 0 Å². The van der Waals surface area contributed by atoms with E-state index in [0.717, 1.165) is 24.5 Å². The molecular formula is C17H17F2N3O3. The number of hydrogen-bond acceptors (Lipinski definition) is 5. The lowest BCUT2D eigenvalue weighted by Gasteiger charge is -2.30. The molecule has 8 heteroatoms. The van der Waals surface area contributed by atoms with Crippen LogP contribution in [-0.2, 0) is 17.7 Å². The molecule has 132 valence electrons. The molecule has 2 aliphatic rings. The summed E-state index contributed by atoms with van der Waals surface area (Å²) in [6.07, 6.45) is 0.386. The number of hydrogen-bond donors (Lipinski definition) is 0. The van der Waals surface area contributed by atoms with E-state index in [1.54, 1.807) is 10.6 Å². The molecule has 3 heterocycles. The van der Waals surface area contributed by atoms with Crippen LogP contribution < -0.4 is 15.3 Å². The highest BCUT2D eigenvalue weighted by Crippen LogP contribution is 2.28. The number of morpholine rings is 1. The first kappa shape index (κ1) is 16.0. The topological polar surface area (TPSA) is 56.6 Å². The van der Waals surface area contributed by atoms with Crippen LogP contribution in [0.15, 0.2) is 29.1 Å². The second-order valence-corrected chi connectivity index (χ2v) is 6.11. The van der Waals surface area contributed by atoms with Crippen LogP contribution in [0.4, 0.5) is 14.6 Å². The van der Waals surface area contributed by atoms with Gasteiger partial charge in [0, 0.05) is 19.0 Å². The molecule has 1 saturated heterocycles. The fraction of sp³-hybridized carbons (Fsp3) is 0.412. The molecule has 0 radical (unpaired) electrons. The second-order valence-electron chi connectivity index (χ2n) is 6.11. The molecule has 1 atom stereocenters. The Kier molecular flexibility index (Phi) is 4.12. The van der Waals surface area contributed by atoms with Crippen LogP contribution in [0.1, 0.15) is 5.56 Å². The third kappa shape index (κ3) is 3.09. The van der Waals surface area contributed by atoms with Gasteiger partial charge in [-0.05, 0) is 17.7 Å². The van der Waals surface area contributed by atoms with Crippen molar-refractivity contribution in [2.45, 2.75) is 19.0 Å². The molecule has 0 aliphatic carbocycles. The first-order valence-electron chi connectivity index (χ1n) is 8.15. The molecule has 1 aromatic carbocycles. The van der Waals surface area contributed by atoms with Gasteiger partial charge in [0.15, 0.2) is 11.6 Å². The van der Waals surface area contributed by atoms with E-state index in [9.17, 15) is 13.6 Å². The third-order valence-electron chi connectivity index (χ3n) is 4.51. The number of benzene rings is 1. The van der Waals surface area contributed by atoms with Gasteiger partial charge in [0.2, 0.25) is 5.88 Å². The monoisotopic (exact) mass is 349 g/mol. The summed E-state index contributed by atoms with van der Waals surface area (Å²) in [7, 11) is 0. The van der Waals surface area contributed by atoms with Gasteiger partial charge in [-0.25, -0.2) is 13.6 Å². The zero-order chi connectivity index (χ0) is 17.4. The van der Waals surface area contributed by atoms with Crippen LogP contribution in [0.5, 0.6) is 5.88 Å². The summed E-state index contributed by atoms with van der Waals surface area (Å²) in [6, 6.07) is 5.63. The van der Waals surface area contributed by atoms with Crippen molar-refractivity contribution in [3.05, 3.63) is 51.9 Å². The fourth-order valence-corrected chi connectivity index (χ4v) is 3.24. The average Bonchev–Trinajstić information content (AvgIpc) is 2.98. The van der Waals surface area contributed by atoms with Crippen molar-refractivity contribution >= 4 is 5.82 Å². The van der Waals surface area contributed by atoms with Gasteiger partial charge < -0.3 is 14.4 Å². The van der Waals surface area contributed by atoms with Crippen LogP contribution in [0.25, 0.3) is 0 Å². The van der Waals surface area contributed by atoms with E-state index in [-0.39, 0.29) is 24.2 Å². The average molecular weight is 349 g/mol. The zero-order valence-corrected chi connectivity index (χ0v) is 13.5. The van der Waals surface area contributed by atoms with Crippen molar-refractivity contribution in [2.24, 2.45) is 0 Å². The number of rotatable bonds is 4. The third-order valence-corrected chi connectivity index (χ3v) is 4.51.